The summed E-state index contributed by atoms with van der Waals surface area (Å²) < 4.78 is 5.97. The lowest BCUT2D eigenvalue weighted by molar-refractivity contribution is 0.0393. The third kappa shape index (κ3) is 6.74. The molecule has 0 saturated carbocycles. The Morgan fingerprint density at radius 2 is 1.79 bits per heavy atom. The van der Waals surface area contributed by atoms with E-state index in [-0.39, 0.29) is 0 Å². The average molecular weight is 263 g/mol. The number of hydrogen-bond acceptors (Lipinski definition) is 2. The van der Waals surface area contributed by atoms with Gasteiger partial charge in [0.1, 0.15) is 0 Å². The van der Waals surface area contributed by atoms with E-state index in [9.17, 15) is 0 Å². The van der Waals surface area contributed by atoms with Crippen LogP contribution in [0.25, 0.3) is 0 Å². The Hall–Kier alpha value is -0.860. The highest BCUT2D eigenvalue weighted by molar-refractivity contribution is 5.26. The van der Waals surface area contributed by atoms with Crippen molar-refractivity contribution < 1.29 is 4.74 Å². The first-order valence-corrected chi connectivity index (χ1v) is 7.52. The first-order chi connectivity index (χ1) is 9.13. The summed E-state index contributed by atoms with van der Waals surface area (Å²) in [5.41, 5.74) is 2.73. The van der Waals surface area contributed by atoms with Gasteiger partial charge in [0.25, 0.3) is 0 Å². The van der Waals surface area contributed by atoms with Crippen LogP contribution in [0.5, 0.6) is 0 Å². The maximum atomic E-state index is 5.97. The Morgan fingerprint density at radius 1 is 1.11 bits per heavy atom. The van der Waals surface area contributed by atoms with Gasteiger partial charge in [0.2, 0.25) is 0 Å². The lowest BCUT2D eigenvalue weighted by atomic mass is 10.0. The fourth-order valence-electron chi connectivity index (χ4n) is 2.31. The van der Waals surface area contributed by atoms with Crippen LogP contribution in [0.4, 0.5) is 0 Å². The van der Waals surface area contributed by atoms with Crippen LogP contribution in [0.3, 0.4) is 0 Å². The van der Waals surface area contributed by atoms with E-state index < -0.39 is 0 Å². The van der Waals surface area contributed by atoms with E-state index in [4.69, 9.17) is 4.74 Å². The standard InChI is InChI=1S/C17H29NO/c1-5-18-11-10-16-8-6-7-9-17(16)13-19-15(4)12-14(2)3/h6-9,14-15,18H,5,10-13H2,1-4H3. The Bertz CT molecular complexity index is 349. The second-order valence-corrected chi connectivity index (χ2v) is 5.62. The quantitative estimate of drug-likeness (QED) is 0.684. The molecule has 0 spiro atoms. The molecule has 0 radical (unpaired) electrons. The van der Waals surface area contributed by atoms with E-state index in [1.54, 1.807) is 0 Å². The molecule has 19 heavy (non-hydrogen) atoms. The number of hydrogen-bond donors (Lipinski definition) is 1. The molecule has 2 heteroatoms. The van der Waals surface area contributed by atoms with Gasteiger partial charge in [0, 0.05) is 0 Å². The van der Waals surface area contributed by atoms with Gasteiger partial charge in [-0.3, -0.25) is 0 Å². The fourth-order valence-corrected chi connectivity index (χ4v) is 2.31. The van der Waals surface area contributed by atoms with E-state index in [0.717, 1.165) is 32.5 Å². The van der Waals surface area contributed by atoms with E-state index in [2.05, 4.69) is 57.3 Å². The van der Waals surface area contributed by atoms with Crippen LogP contribution in [0.15, 0.2) is 24.3 Å². The van der Waals surface area contributed by atoms with Crippen molar-refractivity contribution in [2.24, 2.45) is 5.92 Å². The van der Waals surface area contributed by atoms with Crippen molar-refractivity contribution in [1.29, 1.82) is 0 Å². The molecule has 0 aliphatic rings. The minimum atomic E-state index is 0.335. The maximum absolute atomic E-state index is 5.97. The molecule has 0 bridgehead atoms. The van der Waals surface area contributed by atoms with E-state index >= 15 is 0 Å². The normalized spacial score (nSPS) is 12.9. The van der Waals surface area contributed by atoms with Crippen molar-refractivity contribution in [3.05, 3.63) is 35.4 Å². The average Bonchev–Trinajstić information content (AvgIpc) is 2.37. The molecule has 0 heterocycles. The Morgan fingerprint density at radius 3 is 2.42 bits per heavy atom. The third-order valence-electron chi connectivity index (χ3n) is 3.27. The predicted molar refractivity (Wildman–Crippen MR) is 82.4 cm³/mol. The molecule has 1 rings (SSSR count). The highest BCUT2D eigenvalue weighted by Gasteiger charge is 2.07. The Labute approximate surface area is 118 Å². The van der Waals surface area contributed by atoms with Gasteiger partial charge in [-0.25, -0.2) is 0 Å². The van der Waals surface area contributed by atoms with Gasteiger partial charge < -0.3 is 10.1 Å². The van der Waals surface area contributed by atoms with Crippen molar-refractivity contribution in [3.63, 3.8) is 0 Å². The van der Waals surface area contributed by atoms with Crippen molar-refractivity contribution in [1.82, 2.24) is 5.32 Å². The Kier molecular flexibility index (Phi) is 7.76. The van der Waals surface area contributed by atoms with Gasteiger partial charge >= 0.3 is 0 Å². The zero-order valence-corrected chi connectivity index (χ0v) is 12.9. The first-order valence-electron chi connectivity index (χ1n) is 7.52. The molecule has 1 unspecified atom stereocenters. The summed E-state index contributed by atoms with van der Waals surface area (Å²) in [5.74, 6) is 0.694. The monoisotopic (exact) mass is 263 g/mol. The molecule has 1 aromatic rings. The zero-order chi connectivity index (χ0) is 14.1. The number of ether oxygens (including phenoxy) is 1. The first kappa shape index (κ1) is 16.2. The molecule has 1 aromatic carbocycles. The molecule has 108 valence electrons. The minimum Gasteiger partial charge on any atom is -0.374 e. The summed E-state index contributed by atoms with van der Waals surface area (Å²) in [6.45, 7) is 11.6. The van der Waals surface area contributed by atoms with Gasteiger partial charge in [-0.1, -0.05) is 45.0 Å². The molecule has 0 aliphatic heterocycles. The molecule has 0 aliphatic carbocycles. The molecule has 0 aromatic heterocycles. The maximum Gasteiger partial charge on any atom is 0.0723 e. The summed E-state index contributed by atoms with van der Waals surface area (Å²) >= 11 is 0. The Balaban J connectivity index is 2.47. The van der Waals surface area contributed by atoms with Crippen LogP contribution in [0, 0.1) is 5.92 Å². The minimum absolute atomic E-state index is 0.335. The van der Waals surface area contributed by atoms with Crippen LogP contribution in [0.2, 0.25) is 0 Å². The zero-order valence-electron chi connectivity index (χ0n) is 12.9. The second-order valence-electron chi connectivity index (χ2n) is 5.62. The van der Waals surface area contributed by atoms with Crippen molar-refractivity contribution in [2.45, 2.75) is 53.2 Å². The van der Waals surface area contributed by atoms with Gasteiger partial charge in [-0.15, -0.1) is 0 Å². The molecule has 1 N–H and O–H groups in total. The van der Waals surface area contributed by atoms with Gasteiger partial charge in [-0.05, 0) is 49.9 Å². The van der Waals surface area contributed by atoms with Crippen LogP contribution in [-0.2, 0) is 17.8 Å². The lowest BCUT2D eigenvalue weighted by Gasteiger charge is -2.17. The van der Waals surface area contributed by atoms with Crippen molar-refractivity contribution in [3.8, 4) is 0 Å². The second kappa shape index (κ2) is 9.11. The lowest BCUT2D eigenvalue weighted by Crippen LogP contribution is -2.17. The predicted octanol–water partition coefficient (Wildman–Crippen LogP) is 3.79. The highest BCUT2D eigenvalue weighted by Crippen LogP contribution is 2.14. The highest BCUT2D eigenvalue weighted by atomic mass is 16.5. The van der Waals surface area contributed by atoms with E-state index in [1.807, 2.05) is 0 Å². The number of benzene rings is 1. The van der Waals surface area contributed by atoms with E-state index in [1.165, 1.54) is 11.1 Å². The van der Waals surface area contributed by atoms with Gasteiger partial charge in [0.15, 0.2) is 0 Å². The summed E-state index contributed by atoms with van der Waals surface area (Å²) in [5, 5.41) is 3.37. The number of nitrogens with one attached hydrogen (secondary N) is 1. The van der Waals surface area contributed by atoms with E-state index in [0.29, 0.717) is 12.0 Å². The van der Waals surface area contributed by atoms with Crippen LogP contribution >= 0.6 is 0 Å². The SMILES string of the molecule is CCNCCc1ccccc1COC(C)CC(C)C. The fraction of sp³-hybridized carbons (Fsp3) is 0.647. The van der Waals surface area contributed by atoms with Crippen LogP contribution in [0.1, 0.15) is 45.2 Å². The van der Waals surface area contributed by atoms with Gasteiger partial charge in [0.05, 0.1) is 12.7 Å². The smallest absolute Gasteiger partial charge is 0.0723 e. The molecular weight excluding hydrogens is 234 g/mol. The summed E-state index contributed by atoms with van der Waals surface area (Å²) in [6.07, 6.45) is 2.53. The molecule has 1 atom stereocenters. The third-order valence-corrected chi connectivity index (χ3v) is 3.27. The molecule has 0 amide bonds. The summed E-state index contributed by atoms with van der Waals surface area (Å²) in [6, 6.07) is 8.61. The molecule has 2 nitrogen and oxygen atoms in total. The van der Waals surface area contributed by atoms with Crippen molar-refractivity contribution in [2.75, 3.05) is 13.1 Å². The summed E-state index contributed by atoms with van der Waals surface area (Å²) in [7, 11) is 0. The number of likely N-dealkylation sites (N-methyl/N-ethyl adjacent to an activating group) is 1. The summed E-state index contributed by atoms with van der Waals surface area (Å²) in [4.78, 5) is 0. The largest absolute Gasteiger partial charge is 0.374 e. The van der Waals surface area contributed by atoms with Crippen LogP contribution < -0.4 is 5.32 Å². The van der Waals surface area contributed by atoms with Crippen molar-refractivity contribution >= 4 is 0 Å². The molecule has 0 fully saturated rings. The number of rotatable bonds is 9. The topological polar surface area (TPSA) is 21.3 Å². The van der Waals surface area contributed by atoms with Crippen LogP contribution in [-0.4, -0.2) is 19.2 Å². The molecule has 0 saturated heterocycles. The molecular formula is C17H29NO. The van der Waals surface area contributed by atoms with Gasteiger partial charge in [-0.2, -0.15) is 0 Å².